The molecule has 0 saturated carbocycles. The van der Waals surface area contributed by atoms with Crippen LogP contribution in [0.5, 0.6) is 0 Å². The van der Waals surface area contributed by atoms with E-state index in [1.807, 2.05) is 0 Å². The van der Waals surface area contributed by atoms with E-state index >= 15 is 0 Å². The molecule has 1 heteroatoms. The molecule has 0 bridgehead atoms. The molecule has 0 radical (unpaired) electrons. The molecule has 0 saturated heterocycles. The topological polar surface area (TPSA) is 0 Å². The maximum atomic E-state index is 4.66. The van der Waals surface area contributed by atoms with Crippen molar-refractivity contribution in [1.29, 1.82) is 0 Å². The fraction of sp³-hybridized carbons (Fsp3) is 0.0638. The Hall–Kier alpha value is -5.37. The standard InChI is InChI=1S/C47H34S/c1-30(29-48)36-17-9-19-38-37(36)18-10-20-41(38)45-28-46-40-16-8-7-15-39(40)43(35-22-21-32-13-5-6-14-33(32)25-35)27-47(46)44-26-34(23-24-42(44)45)31-11-3-2-4-12-31/h2-28,30,48H,29H2,1H3. The first kappa shape index (κ1) is 28.8. The van der Waals surface area contributed by atoms with Gasteiger partial charge < -0.3 is 0 Å². The van der Waals surface area contributed by atoms with Crippen molar-refractivity contribution in [2.24, 2.45) is 0 Å². The minimum absolute atomic E-state index is 0.367. The molecule has 0 fully saturated rings. The summed E-state index contributed by atoms with van der Waals surface area (Å²) >= 11 is 4.66. The maximum Gasteiger partial charge on any atom is -0.00313 e. The highest BCUT2D eigenvalue weighted by Crippen LogP contribution is 2.45. The van der Waals surface area contributed by atoms with Crippen LogP contribution in [0, 0.1) is 0 Å². The van der Waals surface area contributed by atoms with Gasteiger partial charge in [0.2, 0.25) is 0 Å². The lowest BCUT2D eigenvalue weighted by Crippen LogP contribution is -1.96. The summed E-state index contributed by atoms with van der Waals surface area (Å²) in [6.45, 7) is 2.27. The zero-order chi connectivity index (χ0) is 32.2. The summed E-state index contributed by atoms with van der Waals surface area (Å²) in [5.74, 6) is 1.18. The van der Waals surface area contributed by atoms with Crippen LogP contribution in [0.4, 0.5) is 0 Å². The number of rotatable bonds is 5. The van der Waals surface area contributed by atoms with Crippen LogP contribution < -0.4 is 0 Å². The van der Waals surface area contributed by atoms with E-state index in [2.05, 4.69) is 183 Å². The van der Waals surface area contributed by atoms with Gasteiger partial charge in [0.05, 0.1) is 0 Å². The first-order chi connectivity index (χ1) is 23.7. The summed E-state index contributed by atoms with van der Waals surface area (Å²) in [5.41, 5.74) is 8.84. The van der Waals surface area contributed by atoms with E-state index in [1.54, 1.807) is 0 Å². The predicted octanol–water partition coefficient (Wildman–Crippen LogP) is 13.5. The fourth-order valence-electron chi connectivity index (χ4n) is 7.73. The molecular formula is C47H34S. The van der Waals surface area contributed by atoms with E-state index in [1.165, 1.54) is 92.8 Å². The zero-order valence-corrected chi connectivity index (χ0v) is 27.7. The third-order valence-corrected chi connectivity index (χ3v) is 10.7. The number of hydrogen-bond donors (Lipinski definition) is 1. The zero-order valence-electron chi connectivity index (χ0n) is 26.8. The van der Waals surface area contributed by atoms with E-state index in [0.717, 1.165) is 5.75 Å². The molecule has 0 amide bonds. The summed E-state index contributed by atoms with van der Waals surface area (Å²) in [7, 11) is 0. The molecule has 9 aromatic carbocycles. The average molecular weight is 631 g/mol. The predicted molar refractivity (Wildman–Crippen MR) is 213 cm³/mol. The van der Waals surface area contributed by atoms with E-state index in [9.17, 15) is 0 Å². The lowest BCUT2D eigenvalue weighted by molar-refractivity contribution is 0.894. The van der Waals surface area contributed by atoms with E-state index in [-0.39, 0.29) is 0 Å². The average Bonchev–Trinajstić information content (AvgIpc) is 3.16. The van der Waals surface area contributed by atoms with Crippen LogP contribution in [0.1, 0.15) is 18.4 Å². The largest absolute Gasteiger partial charge is 0.179 e. The summed E-state index contributed by atoms with van der Waals surface area (Å²) < 4.78 is 0. The first-order valence-corrected chi connectivity index (χ1v) is 17.4. The molecular weight excluding hydrogens is 597 g/mol. The second-order valence-corrected chi connectivity index (χ2v) is 13.4. The molecule has 0 nitrogen and oxygen atoms in total. The first-order valence-electron chi connectivity index (χ1n) is 16.8. The van der Waals surface area contributed by atoms with Crippen LogP contribution in [-0.4, -0.2) is 5.75 Å². The van der Waals surface area contributed by atoms with E-state index in [4.69, 9.17) is 0 Å². The lowest BCUT2D eigenvalue weighted by atomic mass is 9.85. The van der Waals surface area contributed by atoms with Crippen LogP contribution in [0.25, 0.3) is 87.2 Å². The molecule has 1 atom stereocenters. The Balaban J connectivity index is 1.41. The SMILES string of the molecule is CC(CS)c1cccc2c(-c3cc4c5ccccc5c(-c5ccc6ccccc6c5)cc4c4cc(-c5ccccc5)ccc34)cccc12. The molecule has 228 valence electrons. The molecule has 0 aliphatic rings. The monoisotopic (exact) mass is 630 g/mol. The Morgan fingerprint density at radius 1 is 0.375 bits per heavy atom. The molecule has 1 unspecified atom stereocenters. The second kappa shape index (κ2) is 11.7. The van der Waals surface area contributed by atoms with Gasteiger partial charge in [-0.05, 0) is 129 Å². The molecule has 0 N–H and O–H groups in total. The van der Waals surface area contributed by atoms with Crippen LogP contribution in [0.15, 0.2) is 164 Å². The van der Waals surface area contributed by atoms with Gasteiger partial charge in [-0.2, -0.15) is 12.6 Å². The van der Waals surface area contributed by atoms with Gasteiger partial charge in [-0.25, -0.2) is 0 Å². The molecule has 9 rings (SSSR count). The van der Waals surface area contributed by atoms with Crippen molar-refractivity contribution in [2.45, 2.75) is 12.8 Å². The molecule has 0 aliphatic heterocycles. The van der Waals surface area contributed by atoms with Crippen molar-refractivity contribution in [2.75, 3.05) is 5.75 Å². The third-order valence-electron chi connectivity index (χ3n) is 10.2. The Labute approximate surface area is 286 Å². The van der Waals surface area contributed by atoms with Crippen LogP contribution in [-0.2, 0) is 0 Å². The van der Waals surface area contributed by atoms with Gasteiger partial charge in [0.1, 0.15) is 0 Å². The second-order valence-electron chi connectivity index (χ2n) is 13.0. The van der Waals surface area contributed by atoms with Gasteiger partial charge in [0.15, 0.2) is 0 Å². The third kappa shape index (κ3) is 4.69. The van der Waals surface area contributed by atoms with Crippen molar-refractivity contribution < 1.29 is 0 Å². The Kier molecular flexibility index (Phi) is 7.03. The highest BCUT2D eigenvalue weighted by molar-refractivity contribution is 7.80. The smallest absolute Gasteiger partial charge is 0.00313 e. The summed E-state index contributed by atoms with van der Waals surface area (Å²) in [4.78, 5) is 0. The van der Waals surface area contributed by atoms with Gasteiger partial charge in [0.25, 0.3) is 0 Å². The molecule has 0 aliphatic carbocycles. The van der Waals surface area contributed by atoms with Crippen molar-refractivity contribution in [3.05, 3.63) is 169 Å². The minimum Gasteiger partial charge on any atom is -0.179 e. The molecule has 0 heterocycles. The minimum atomic E-state index is 0.367. The van der Waals surface area contributed by atoms with E-state index < -0.39 is 0 Å². The molecule has 0 spiro atoms. The highest BCUT2D eigenvalue weighted by atomic mass is 32.1. The summed E-state index contributed by atoms with van der Waals surface area (Å²) in [6, 6.07) is 60.7. The van der Waals surface area contributed by atoms with E-state index in [0.29, 0.717) is 5.92 Å². The van der Waals surface area contributed by atoms with Crippen molar-refractivity contribution in [3.63, 3.8) is 0 Å². The van der Waals surface area contributed by atoms with Crippen LogP contribution in [0.3, 0.4) is 0 Å². The number of fused-ring (bicyclic) bond motifs is 7. The lowest BCUT2D eigenvalue weighted by Gasteiger charge is -2.19. The van der Waals surface area contributed by atoms with Crippen LogP contribution >= 0.6 is 12.6 Å². The quantitative estimate of drug-likeness (QED) is 0.142. The van der Waals surface area contributed by atoms with Crippen molar-refractivity contribution >= 4 is 66.5 Å². The summed E-state index contributed by atoms with van der Waals surface area (Å²) in [6.07, 6.45) is 0. The Bertz CT molecular complexity index is 2670. The Morgan fingerprint density at radius 3 is 1.83 bits per heavy atom. The van der Waals surface area contributed by atoms with Gasteiger partial charge in [0, 0.05) is 0 Å². The number of thiol groups is 1. The number of hydrogen-bond acceptors (Lipinski definition) is 1. The van der Waals surface area contributed by atoms with Crippen LogP contribution in [0.2, 0.25) is 0 Å². The molecule has 0 aromatic heterocycles. The fourth-order valence-corrected chi connectivity index (χ4v) is 7.92. The maximum absolute atomic E-state index is 4.66. The summed E-state index contributed by atoms with van der Waals surface area (Å²) in [5, 5.41) is 12.7. The number of benzene rings is 9. The highest BCUT2D eigenvalue weighted by Gasteiger charge is 2.18. The Morgan fingerprint density at radius 2 is 0.979 bits per heavy atom. The van der Waals surface area contributed by atoms with Gasteiger partial charge in [-0.15, -0.1) is 0 Å². The van der Waals surface area contributed by atoms with Gasteiger partial charge in [-0.3, -0.25) is 0 Å². The van der Waals surface area contributed by atoms with Gasteiger partial charge >= 0.3 is 0 Å². The van der Waals surface area contributed by atoms with Crippen molar-refractivity contribution in [1.82, 2.24) is 0 Å². The van der Waals surface area contributed by atoms with Gasteiger partial charge in [-0.1, -0.05) is 146 Å². The van der Waals surface area contributed by atoms with Crippen molar-refractivity contribution in [3.8, 4) is 33.4 Å². The molecule has 9 aromatic rings. The molecule has 48 heavy (non-hydrogen) atoms. The normalized spacial score (nSPS) is 12.4.